The summed E-state index contributed by atoms with van der Waals surface area (Å²) < 4.78 is 0. The number of benzene rings is 1. The third-order valence-electron chi connectivity index (χ3n) is 6.51. The van der Waals surface area contributed by atoms with Crippen LogP contribution >= 0.6 is 11.6 Å². The minimum absolute atomic E-state index is 0.176. The Bertz CT molecular complexity index is 844. The summed E-state index contributed by atoms with van der Waals surface area (Å²) in [5.74, 6) is 0.217. The highest BCUT2D eigenvalue weighted by Crippen LogP contribution is 2.65. The Kier molecular flexibility index (Phi) is 3.35. The average molecular weight is 371 g/mol. The molecule has 6 atom stereocenters. The van der Waals surface area contributed by atoms with Crippen LogP contribution in [0.25, 0.3) is 0 Å². The van der Waals surface area contributed by atoms with Crippen LogP contribution in [0.3, 0.4) is 0 Å². The SMILES string of the molecule is Cc1ccc(NC(=O)CN2C(=O)[C@@H]3[C@H]4C=C[C@@H]([C@@H]5C[C@@H]45)[C@@H]3C2=O)cc1Cl. The summed E-state index contributed by atoms with van der Waals surface area (Å²) in [7, 11) is 0. The van der Waals surface area contributed by atoms with E-state index in [2.05, 4.69) is 17.5 Å². The second-order valence-corrected chi connectivity index (χ2v) is 8.34. The number of likely N-dealkylation sites (tertiary alicyclic amines) is 1. The van der Waals surface area contributed by atoms with Crippen molar-refractivity contribution >= 4 is 35.0 Å². The van der Waals surface area contributed by atoms with Crippen molar-refractivity contribution in [3.8, 4) is 0 Å². The van der Waals surface area contributed by atoms with Crippen molar-refractivity contribution in [2.75, 3.05) is 11.9 Å². The maximum atomic E-state index is 12.9. The third-order valence-corrected chi connectivity index (χ3v) is 6.92. The highest BCUT2D eigenvalue weighted by molar-refractivity contribution is 6.31. The van der Waals surface area contributed by atoms with Gasteiger partial charge in [0.15, 0.2) is 0 Å². The zero-order valence-corrected chi connectivity index (χ0v) is 15.1. The number of rotatable bonds is 3. The second kappa shape index (κ2) is 5.43. The zero-order valence-electron chi connectivity index (χ0n) is 14.3. The van der Waals surface area contributed by atoms with Gasteiger partial charge in [0.2, 0.25) is 17.7 Å². The zero-order chi connectivity index (χ0) is 18.2. The summed E-state index contributed by atoms with van der Waals surface area (Å²) in [6.45, 7) is 1.65. The molecule has 6 heteroatoms. The normalized spacial score (nSPS) is 36.2. The van der Waals surface area contributed by atoms with Gasteiger partial charge in [0.1, 0.15) is 6.54 Å². The number of aryl methyl sites for hydroxylation is 1. The number of anilines is 1. The molecule has 0 spiro atoms. The van der Waals surface area contributed by atoms with Crippen molar-refractivity contribution in [2.24, 2.45) is 35.5 Å². The number of nitrogens with zero attached hydrogens (tertiary/aromatic N) is 1. The monoisotopic (exact) mass is 370 g/mol. The molecule has 3 fully saturated rings. The van der Waals surface area contributed by atoms with E-state index in [9.17, 15) is 14.4 Å². The van der Waals surface area contributed by atoms with Gasteiger partial charge in [0.25, 0.3) is 0 Å². The van der Waals surface area contributed by atoms with Gasteiger partial charge in [0.05, 0.1) is 11.8 Å². The molecule has 2 saturated carbocycles. The van der Waals surface area contributed by atoms with E-state index in [0.29, 0.717) is 22.5 Å². The van der Waals surface area contributed by atoms with Crippen molar-refractivity contribution in [1.82, 2.24) is 4.90 Å². The van der Waals surface area contributed by atoms with E-state index >= 15 is 0 Å². The number of amides is 3. The minimum atomic E-state index is -0.379. The smallest absolute Gasteiger partial charge is 0.244 e. The summed E-state index contributed by atoms with van der Waals surface area (Å²) in [4.78, 5) is 39.3. The molecule has 4 aliphatic carbocycles. The van der Waals surface area contributed by atoms with Crippen molar-refractivity contribution < 1.29 is 14.4 Å². The second-order valence-electron chi connectivity index (χ2n) is 7.93. The molecule has 2 bridgehead atoms. The molecule has 0 radical (unpaired) electrons. The molecule has 3 amide bonds. The molecule has 1 saturated heterocycles. The van der Waals surface area contributed by atoms with Crippen LogP contribution in [0.4, 0.5) is 5.69 Å². The lowest BCUT2D eigenvalue weighted by molar-refractivity contribution is -0.142. The van der Waals surface area contributed by atoms with Crippen LogP contribution < -0.4 is 5.32 Å². The number of halogens is 1. The summed E-state index contributed by atoms with van der Waals surface area (Å²) >= 11 is 6.08. The molecule has 26 heavy (non-hydrogen) atoms. The molecule has 0 unspecified atom stereocenters. The number of carbonyl (C=O) groups is 3. The Labute approximate surface area is 156 Å². The van der Waals surface area contributed by atoms with Crippen LogP contribution in [0.15, 0.2) is 30.4 Å². The fourth-order valence-corrected chi connectivity index (χ4v) is 5.37. The van der Waals surface area contributed by atoms with Crippen molar-refractivity contribution in [3.05, 3.63) is 40.9 Å². The van der Waals surface area contributed by atoms with Gasteiger partial charge in [-0.1, -0.05) is 29.8 Å². The van der Waals surface area contributed by atoms with Crippen molar-refractivity contribution in [2.45, 2.75) is 13.3 Å². The molecule has 6 rings (SSSR count). The number of hydrogen-bond donors (Lipinski definition) is 1. The Morgan fingerprint density at radius 3 is 2.35 bits per heavy atom. The Morgan fingerprint density at radius 1 is 1.15 bits per heavy atom. The molecule has 1 N–H and O–H groups in total. The van der Waals surface area contributed by atoms with Crippen LogP contribution in [-0.2, 0) is 14.4 Å². The van der Waals surface area contributed by atoms with E-state index in [0.717, 1.165) is 16.9 Å². The van der Waals surface area contributed by atoms with Crippen LogP contribution in [0.1, 0.15) is 12.0 Å². The third kappa shape index (κ3) is 2.19. The van der Waals surface area contributed by atoms with E-state index in [1.54, 1.807) is 12.1 Å². The molecule has 5 nitrogen and oxygen atoms in total. The summed E-state index contributed by atoms with van der Waals surface area (Å²) in [5, 5.41) is 3.29. The molecule has 0 aromatic heterocycles. The molecular weight excluding hydrogens is 352 g/mol. The maximum Gasteiger partial charge on any atom is 0.244 e. The van der Waals surface area contributed by atoms with Gasteiger partial charge in [-0.3, -0.25) is 19.3 Å². The number of hydrogen-bond acceptors (Lipinski definition) is 3. The van der Waals surface area contributed by atoms with E-state index in [4.69, 9.17) is 11.6 Å². The lowest BCUT2D eigenvalue weighted by Crippen LogP contribution is -2.40. The van der Waals surface area contributed by atoms with E-state index in [1.165, 1.54) is 0 Å². The molecule has 134 valence electrons. The molecule has 5 aliphatic rings. The number of carbonyl (C=O) groups excluding carboxylic acids is 3. The first kappa shape index (κ1) is 16.1. The van der Waals surface area contributed by atoms with Gasteiger partial charge in [0, 0.05) is 10.7 Å². The summed E-state index contributed by atoms with van der Waals surface area (Å²) in [6.07, 6.45) is 5.39. The largest absolute Gasteiger partial charge is 0.324 e. The maximum absolute atomic E-state index is 12.9. The molecule has 1 aromatic carbocycles. The van der Waals surface area contributed by atoms with Gasteiger partial charge in [-0.05, 0) is 54.7 Å². The van der Waals surface area contributed by atoms with Crippen LogP contribution in [0, 0.1) is 42.4 Å². The fourth-order valence-electron chi connectivity index (χ4n) is 5.19. The molecule has 1 aromatic rings. The average Bonchev–Trinajstić information content (AvgIpc) is 3.39. The van der Waals surface area contributed by atoms with Crippen molar-refractivity contribution in [3.63, 3.8) is 0 Å². The summed E-state index contributed by atoms with van der Waals surface area (Å²) in [6, 6.07) is 5.23. The predicted molar refractivity (Wildman–Crippen MR) is 96.2 cm³/mol. The number of allylic oxidation sites excluding steroid dienone is 2. The van der Waals surface area contributed by atoms with E-state index in [1.807, 2.05) is 13.0 Å². The van der Waals surface area contributed by atoms with Gasteiger partial charge >= 0.3 is 0 Å². The molecule has 1 heterocycles. The lowest BCUT2D eigenvalue weighted by Gasteiger charge is -2.37. The summed E-state index contributed by atoms with van der Waals surface area (Å²) in [5.41, 5.74) is 1.48. The van der Waals surface area contributed by atoms with Gasteiger partial charge in [-0.2, -0.15) is 0 Å². The quantitative estimate of drug-likeness (QED) is 0.657. The van der Waals surface area contributed by atoms with E-state index < -0.39 is 0 Å². The molecular formula is C20H19ClN2O3. The predicted octanol–water partition coefficient (Wildman–Crippen LogP) is 2.64. The van der Waals surface area contributed by atoms with Gasteiger partial charge < -0.3 is 5.32 Å². The highest BCUT2D eigenvalue weighted by atomic mass is 35.5. The lowest BCUT2D eigenvalue weighted by atomic mass is 9.63. The number of nitrogens with one attached hydrogen (secondary N) is 1. The van der Waals surface area contributed by atoms with Crippen LogP contribution in [0.2, 0.25) is 5.02 Å². The van der Waals surface area contributed by atoms with Crippen LogP contribution in [-0.4, -0.2) is 29.2 Å². The van der Waals surface area contributed by atoms with Crippen molar-refractivity contribution in [1.29, 1.82) is 0 Å². The van der Waals surface area contributed by atoms with Crippen LogP contribution in [0.5, 0.6) is 0 Å². The first-order valence-electron chi connectivity index (χ1n) is 9.05. The molecule has 1 aliphatic heterocycles. The fraction of sp³-hybridized carbons (Fsp3) is 0.450. The standard InChI is InChI=1S/C20H19ClN2O3/c1-9-2-3-10(6-15(9)21)22-16(24)8-23-19(25)17-11-4-5-12(14-7-13(11)14)18(17)20(23)26/h2-6,11-14,17-18H,7-8H2,1H3,(H,22,24)/t11-,12-,13-,14-,17-,18+/m0/s1. The Hall–Kier alpha value is -2.14. The van der Waals surface area contributed by atoms with E-state index in [-0.39, 0.29) is 47.9 Å². The first-order valence-corrected chi connectivity index (χ1v) is 9.43. The van der Waals surface area contributed by atoms with Gasteiger partial charge in [-0.15, -0.1) is 0 Å². The highest BCUT2D eigenvalue weighted by Gasteiger charge is 2.67. The minimum Gasteiger partial charge on any atom is -0.324 e. The first-order chi connectivity index (χ1) is 12.5. The Balaban J connectivity index is 1.32. The Morgan fingerprint density at radius 2 is 1.77 bits per heavy atom. The number of imide groups is 1. The topological polar surface area (TPSA) is 66.5 Å². The van der Waals surface area contributed by atoms with Gasteiger partial charge in [-0.25, -0.2) is 0 Å².